The molecule has 0 aliphatic heterocycles. The third-order valence-electron chi connectivity index (χ3n) is 7.22. The van der Waals surface area contributed by atoms with Gasteiger partial charge in [0.25, 0.3) is 0 Å². The van der Waals surface area contributed by atoms with Crippen molar-refractivity contribution in [2.75, 3.05) is 6.61 Å². The summed E-state index contributed by atoms with van der Waals surface area (Å²) in [5.41, 5.74) is 0.685. The molecule has 2 nitrogen and oxygen atoms in total. The minimum atomic E-state index is 0.0672. The molecule has 0 heterocycles. The predicted molar refractivity (Wildman–Crippen MR) is 130 cm³/mol. The van der Waals surface area contributed by atoms with E-state index < -0.39 is 0 Å². The summed E-state index contributed by atoms with van der Waals surface area (Å²) in [5, 5.41) is 0. The summed E-state index contributed by atoms with van der Waals surface area (Å²) in [6, 6.07) is 0. The highest BCUT2D eigenvalue weighted by Crippen LogP contribution is 2.39. The zero-order valence-corrected chi connectivity index (χ0v) is 22.3. The van der Waals surface area contributed by atoms with Gasteiger partial charge in [-0.25, -0.2) is 0 Å². The standard InChI is InChI=1S/C28H54O2/c1-19(16-27(6,7)8)12-13-24(23(5)17-28(9,10)11)18-30-26(29)25-21(3)14-20(2)15-22(25)4/h19-25H,12-18H2,1-11H3. The predicted octanol–water partition coefficient (Wildman–Crippen LogP) is 8.39. The van der Waals surface area contributed by atoms with Gasteiger partial charge in [0, 0.05) is 0 Å². The fourth-order valence-electron chi connectivity index (χ4n) is 6.28. The van der Waals surface area contributed by atoms with Gasteiger partial charge in [-0.3, -0.25) is 4.79 Å². The van der Waals surface area contributed by atoms with Crippen molar-refractivity contribution in [3.05, 3.63) is 0 Å². The second kappa shape index (κ2) is 11.4. The lowest BCUT2D eigenvalue weighted by Crippen LogP contribution is -2.37. The van der Waals surface area contributed by atoms with Crippen LogP contribution in [0.1, 0.15) is 115 Å². The molecule has 1 fully saturated rings. The molecule has 1 aliphatic rings. The quantitative estimate of drug-likeness (QED) is 0.349. The highest BCUT2D eigenvalue weighted by atomic mass is 16.5. The average molecular weight is 423 g/mol. The number of ether oxygens (including phenoxy) is 1. The average Bonchev–Trinajstić information content (AvgIpc) is 2.50. The Morgan fingerprint density at radius 1 is 0.867 bits per heavy atom. The van der Waals surface area contributed by atoms with Gasteiger partial charge < -0.3 is 4.74 Å². The number of hydrogen-bond acceptors (Lipinski definition) is 2. The number of carbonyl (C=O) groups is 1. The van der Waals surface area contributed by atoms with E-state index in [-0.39, 0.29) is 11.9 Å². The van der Waals surface area contributed by atoms with Crippen LogP contribution in [0.25, 0.3) is 0 Å². The van der Waals surface area contributed by atoms with Crippen molar-refractivity contribution in [2.24, 2.45) is 52.3 Å². The normalized spacial score (nSPS) is 28.6. The monoisotopic (exact) mass is 422 g/mol. The molecule has 0 spiro atoms. The fourth-order valence-corrected chi connectivity index (χ4v) is 6.28. The highest BCUT2D eigenvalue weighted by Gasteiger charge is 2.37. The van der Waals surface area contributed by atoms with Crippen LogP contribution in [-0.4, -0.2) is 12.6 Å². The van der Waals surface area contributed by atoms with E-state index in [9.17, 15) is 4.79 Å². The van der Waals surface area contributed by atoms with Gasteiger partial charge in [0.15, 0.2) is 0 Å². The molecule has 0 aromatic rings. The lowest BCUT2D eigenvalue weighted by Gasteiger charge is -2.37. The van der Waals surface area contributed by atoms with Crippen molar-refractivity contribution in [2.45, 2.75) is 115 Å². The molecule has 0 aromatic heterocycles. The summed E-state index contributed by atoms with van der Waals surface area (Å²) >= 11 is 0. The van der Waals surface area contributed by atoms with Crippen molar-refractivity contribution < 1.29 is 9.53 Å². The van der Waals surface area contributed by atoms with Crippen LogP contribution in [0.2, 0.25) is 0 Å². The summed E-state index contributed by atoms with van der Waals surface area (Å²) < 4.78 is 6.05. The molecule has 0 bridgehead atoms. The fraction of sp³-hybridized carbons (Fsp3) is 0.964. The Bertz CT molecular complexity index is 498. The Morgan fingerprint density at radius 2 is 1.37 bits per heavy atom. The van der Waals surface area contributed by atoms with E-state index in [2.05, 4.69) is 76.2 Å². The first-order valence-electron chi connectivity index (χ1n) is 12.8. The third kappa shape index (κ3) is 10.2. The number of carbonyl (C=O) groups excluding carboxylic acids is 1. The lowest BCUT2D eigenvalue weighted by molar-refractivity contribution is -0.156. The lowest BCUT2D eigenvalue weighted by atomic mass is 9.69. The van der Waals surface area contributed by atoms with Crippen LogP contribution in [0.15, 0.2) is 0 Å². The smallest absolute Gasteiger partial charge is 0.309 e. The maximum Gasteiger partial charge on any atom is 0.309 e. The third-order valence-corrected chi connectivity index (χ3v) is 7.22. The summed E-state index contributed by atoms with van der Waals surface area (Å²) in [6.07, 6.45) is 7.12. The minimum Gasteiger partial charge on any atom is -0.465 e. The first kappa shape index (κ1) is 27.5. The molecule has 0 aromatic carbocycles. The van der Waals surface area contributed by atoms with Crippen LogP contribution in [0.4, 0.5) is 0 Å². The maximum absolute atomic E-state index is 13.0. The molecule has 5 unspecified atom stereocenters. The molecule has 1 saturated carbocycles. The summed E-state index contributed by atoms with van der Waals surface area (Å²) in [6.45, 7) is 26.1. The van der Waals surface area contributed by atoms with Gasteiger partial charge in [-0.15, -0.1) is 0 Å². The Balaban J connectivity index is 2.73. The molecule has 1 aliphatic carbocycles. The van der Waals surface area contributed by atoms with Crippen LogP contribution < -0.4 is 0 Å². The molecule has 0 amide bonds. The van der Waals surface area contributed by atoms with E-state index in [1.54, 1.807) is 0 Å². The molecule has 2 heteroatoms. The number of esters is 1. The Labute approximate surface area is 189 Å². The molecular formula is C28H54O2. The second-order valence-electron chi connectivity index (χ2n) is 13.6. The minimum absolute atomic E-state index is 0.0672. The van der Waals surface area contributed by atoms with Crippen LogP contribution in [0.5, 0.6) is 0 Å². The molecule has 1 rings (SSSR count). The topological polar surface area (TPSA) is 26.3 Å². The first-order valence-corrected chi connectivity index (χ1v) is 12.8. The molecule has 30 heavy (non-hydrogen) atoms. The van der Waals surface area contributed by atoms with Crippen molar-refractivity contribution in [3.63, 3.8) is 0 Å². The van der Waals surface area contributed by atoms with Gasteiger partial charge in [0.2, 0.25) is 0 Å². The van der Waals surface area contributed by atoms with E-state index in [4.69, 9.17) is 4.74 Å². The zero-order chi connectivity index (χ0) is 23.3. The maximum atomic E-state index is 13.0. The van der Waals surface area contributed by atoms with E-state index in [0.29, 0.717) is 47.0 Å². The van der Waals surface area contributed by atoms with Gasteiger partial charge in [-0.2, -0.15) is 0 Å². The Morgan fingerprint density at radius 3 is 1.83 bits per heavy atom. The van der Waals surface area contributed by atoms with Crippen LogP contribution in [0, 0.1) is 52.3 Å². The first-order chi connectivity index (χ1) is 13.6. The molecule has 0 saturated heterocycles. The Hall–Kier alpha value is -0.530. The SMILES string of the molecule is CC1CC(C)C(C(=O)OCC(CCC(C)CC(C)(C)C)C(C)CC(C)(C)C)C(C)C1. The van der Waals surface area contributed by atoms with Crippen molar-refractivity contribution in [1.82, 2.24) is 0 Å². The van der Waals surface area contributed by atoms with Crippen LogP contribution >= 0.6 is 0 Å². The van der Waals surface area contributed by atoms with Gasteiger partial charge in [0.05, 0.1) is 12.5 Å². The molecule has 178 valence electrons. The van der Waals surface area contributed by atoms with Gasteiger partial charge in [-0.05, 0) is 78.4 Å². The summed E-state index contributed by atoms with van der Waals surface area (Å²) in [5.74, 6) is 3.50. The number of hydrogen-bond donors (Lipinski definition) is 0. The van der Waals surface area contributed by atoms with Crippen molar-refractivity contribution >= 4 is 5.97 Å². The van der Waals surface area contributed by atoms with Crippen LogP contribution in [-0.2, 0) is 9.53 Å². The van der Waals surface area contributed by atoms with E-state index in [0.717, 1.165) is 25.2 Å². The molecular weight excluding hydrogens is 368 g/mol. The molecule has 0 N–H and O–H groups in total. The summed E-state index contributed by atoms with van der Waals surface area (Å²) in [4.78, 5) is 13.0. The van der Waals surface area contributed by atoms with E-state index in [1.807, 2.05) is 0 Å². The highest BCUT2D eigenvalue weighted by molar-refractivity contribution is 5.73. The van der Waals surface area contributed by atoms with Crippen LogP contribution in [0.3, 0.4) is 0 Å². The summed E-state index contributed by atoms with van der Waals surface area (Å²) in [7, 11) is 0. The van der Waals surface area contributed by atoms with Crippen molar-refractivity contribution in [3.8, 4) is 0 Å². The van der Waals surface area contributed by atoms with Crippen molar-refractivity contribution in [1.29, 1.82) is 0 Å². The van der Waals surface area contributed by atoms with E-state index >= 15 is 0 Å². The Kier molecular flexibility index (Phi) is 10.4. The largest absolute Gasteiger partial charge is 0.465 e. The van der Waals surface area contributed by atoms with Gasteiger partial charge in [-0.1, -0.05) is 82.6 Å². The van der Waals surface area contributed by atoms with Gasteiger partial charge in [0.1, 0.15) is 0 Å². The molecule has 0 radical (unpaired) electrons. The second-order valence-corrected chi connectivity index (χ2v) is 13.6. The van der Waals surface area contributed by atoms with E-state index in [1.165, 1.54) is 19.3 Å². The van der Waals surface area contributed by atoms with Gasteiger partial charge >= 0.3 is 5.97 Å². The zero-order valence-electron chi connectivity index (χ0n) is 22.3. The number of rotatable bonds is 9. The molecule has 5 atom stereocenters.